The minimum Gasteiger partial charge on any atom is -0.469 e. The zero-order valence-corrected chi connectivity index (χ0v) is 18.1. The Hall–Kier alpha value is -2.56. The zero-order valence-electron chi connectivity index (χ0n) is 18.1. The third-order valence-electron chi connectivity index (χ3n) is 7.66. The molecule has 1 N–H and O–H groups in total. The first-order valence-corrected chi connectivity index (χ1v) is 11.9. The van der Waals surface area contributed by atoms with E-state index in [1.807, 2.05) is 36.4 Å². The number of nitrogens with zero attached hydrogens (tertiary/aromatic N) is 1. The van der Waals surface area contributed by atoms with E-state index in [0.717, 1.165) is 55.4 Å². The molecule has 2 heterocycles. The lowest BCUT2D eigenvalue weighted by molar-refractivity contribution is -0.127. The van der Waals surface area contributed by atoms with Crippen LogP contribution in [-0.2, 0) is 11.2 Å². The van der Waals surface area contributed by atoms with Crippen molar-refractivity contribution in [3.05, 3.63) is 59.5 Å². The largest absolute Gasteiger partial charge is 0.469 e. The van der Waals surface area contributed by atoms with Gasteiger partial charge in [0.15, 0.2) is 0 Å². The maximum Gasteiger partial charge on any atom is 0.254 e. The highest BCUT2D eigenvalue weighted by Gasteiger charge is 2.57. The van der Waals surface area contributed by atoms with E-state index in [1.165, 1.54) is 19.3 Å². The van der Waals surface area contributed by atoms with Crippen LogP contribution in [0.2, 0.25) is 0 Å². The summed E-state index contributed by atoms with van der Waals surface area (Å²) in [5.41, 5.74) is 1.25. The van der Waals surface area contributed by atoms with E-state index in [-0.39, 0.29) is 29.3 Å². The number of hydrogen-bond acceptors (Lipinski definition) is 3. The molecule has 1 spiro atoms. The molecule has 5 nitrogen and oxygen atoms in total. The van der Waals surface area contributed by atoms with Crippen LogP contribution in [0.5, 0.6) is 0 Å². The number of hydrogen-bond donors (Lipinski definition) is 1. The smallest absolute Gasteiger partial charge is 0.254 e. The molecule has 3 aliphatic rings. The van der Waals surface area contributed by atoms with Gasteiger partial charge >= 0.3 is 0 Å². The van der Waals surface area contributed by atoms with E-state index in [1.54, 1.807) is 6.26 Å². The summed E-state index contributed by atoms with van der Waals surface area (Å²) in [7, 11) is 0. The van der Waals surface area contributed by atoms with Gasteiger partial charge in [-0.1, -0.05) is 50.3 Å². The fourth-order valence-electron chi connectivity index (χ4n) is 6.34. The molecule has 0 bridgehead atoms. The van der Waals surface area contributed by atoms with Crippen LogP contribution in [0.1, 0.15) is 85.4 Å². The highest BCUT2D eigenvalue weighted by Crippen LogP contribution is 2.52. The fourth-order valence-corrected chi connectivity index (χ4v) is 6.34. The SMILES string of the molecule is O=C(NCCc1ccco1)[C@H]1c2ccccc2C(=O)N(C2CCCCC2)C12CCCC2. The van der Waals surface area contributed by atoms with E-state index in [4.69, 9.17) is 4.42 Å². The van der Waals surface area contributed by atoms with Crippen LogP contribution in [-0.4, -0.2) is 34.8 Å². The summed E-state index contributed by atoms with van der Waals surface area (Å²) in [5.74, 6) is 0.764. The molecule has 2 aromatic rings. The number of carbonyl (C=O) groups is 2. The molecule has 1 aromatic carbocycles. The average Bonchev–Trinajstić information content (AvgIpc) is 3.48. The van der Waals surface area contributed by atoms with Gasteiger partial charge in [0.25, 0.3) is 5.91 Å². The Balaban J connectivity index is 1.49. The summed E-state index contributed by atoms with van der Waals surface area (Å²) in [6.07, 6.45) is 12.0. The van der Waals surface area contributed by atoms with Crippen LogP contribution in [0.4, 0.5) is 0 Å². The molecule has 0 saturated heterocycles. The summed E-state index contributed by atoms with van der Waals surface area (Å²) >= 11 is 0. The molecule has 5 rings (SSSR count). The maximum atomic E-state index is 13.8. The molecule has 1 atom stereocenters. The monoisotopic (exact) mass is 420 g/mol. The number of amides is 2. The van der Waals surface area contributed by atoms with Crippen molar-refractivity contribution < 1.29 is 14.0 Å². The van der Waals surface area contributed by atoms with Crippen LogP contribution in [0.25, 0.3) is 0 Å². The van der Waals surface area contributed by atoms with Crippen molar-refractivity contribution >= 4 is 11.8 Å². The zero-order chi connectivity index (χ0) is 21.3. The normalized spacial score (nSPS) is 23.2. The van der Waals surface area contributed by atoms with Gasteiger partial charge in [0.05, 0.1) is 17.7 Å². The van der Waals surface area contributed by atoms with Gasteiger partial charge in [-0.05, 0) is 49.4 Å². The van der Waals surface area contributed by atoms with Crippen molar-refractivity contribution in [2.75, 3.05) is 6.54 Å². The third kappa shape index (κ3) is 3.58. The first kappa shape index (κ1) is 20.3. The minimum absolute atomic E-state index is 0.0502. The predicted molar refractivity (Wildman–Crippen MR) is 119 cm³/mol. The lowest BCUT2D eigenvalue weighted by atomic mass is 9.69. The lowest BCUT2D eigenvalue weighted by Gasteiger charge is -2.54. The van der Waals surface area contributed by atoms with Gasteiger partial charge in [-0.3, -0.25) is 9.59 Å². The van der Waals surface area contributed by atoms with Gasteiger partial charge in [-0.15, -0.1) is 0 Å². The summed E-state index contributed by atoms with van der Waals surface area (Å²) < 4.78 is 5.42. The van der Waals surface area contributed by atoms with Crippen LogP contribution in [0, 0.1) is 0 Å². The van der Waals surface area contributed by atoms with Crippen molar-refractivity contribution in [1.29, 1.82) is 0 Å². The van der Waals surface area contributed by atoms with Gasteiger partial charge in [0, 0.05) is 24.6 Å². The maximum absolute atomic E-state index is 13.8. The second-order valence-corrected chi connectivity index (χ2v) is 9.42. The minimum atomic E-state index is -0.387. The first-order chi connectivity index (χ1) is 15.2. The van der Waals surface area contributed by atoms with E-state index < -0.39 is 0 Å². The second-order valence-electron chi connectivity index (χ2n) is 9.42. The summed E-state index contributed by atoms with van der Waals surface area (Å²) in [4.78, 5) is 29.7. The van der Waals surface area contributed by atoms with Crippen molar-refractivity contribution in [1.82, 2.24) is 10.2 Å². The Bertz CT molecular complexity index is 924. The van der Waals surface area contributed by atoms with Crippen molar-refractivity contribution in [3.63, 3.8) is 0 Å². The Morgan fingerprint density at radius 3 is 2.55 bits per heavy atom. The molecule has 0 radical (unpaired) electrons. The molecule has 1 aromatic heterocycles. The second kappa shape index (κ2) is 8.52. The van der Waals surface area contributed by atoms with Crippen LogP contribution >= 0.6 is 0 Å². The molecule has 31 heavy (non-hydrogen) atoms. The van der Waals surface area contributed by atoms with Crippen LogP contribution in [0.3, 0.4) is 0 Å². The third-order valence-corrected chi connectivity index (χ3v) is 7.66. The van der Waals surface area contributed by atoms with Crippen molar-refractivity contribution in [2.24, 2.45) is 0 Å². The van der Waals surface area contributed by atoms with Crippen LogP contribution in [0.15, 0.2) is 47.1 Å². The van der Waals surface area contributed by atoms with Crippen molar-refractivity contribution in [2.45, 2.75) is 81.7 Å². The predicted octanol–water partition coefficient (Wildman–Crippen LogP) is 4.82. The average molecular weight is 421 g/mol. The van der Waals surface area contributed by atoms with E-state index >= 15 is 0 Å². The molecule has 5 heteroatoms. The van der Waals surface area contributed by atoms with Crippen LogP contribution < -0.4 is 5.32 Å². The molecule has 2 fully saturated rings. The molecule has 164 valence electrons. The molecular weight excluding hydrogens is 388 g/mol. The molecule has 1 aliphatic heterocycles. The van der Waals surface area contributed by atoms with Gasteiger partial charge in [-0.2, -0.15) is 0 Å². The van der Waals surface area contributed by atoms with Gasteiger partial charge < -0.3 is 14.6 Å². The Morgan fingerprint density at radius 2 is 1.81 bits per heavy atom. The number of benzene rings is 1. The Kier molecular flexibility index (Phi) is 5.59. The lowest BCUT2D eigenvalue weighted by Crippen LogP contribution is -2.63. The Morgan fingerprint density at radius 1 is 1.03 bits per heavy atom. The number of carbonyl (C=O) groups excluding carboxylic acids is 2. The van der Waals surface area contributed by atoms with Gasteiger partial charge in [0.2, 0.25) is 5.91 Å². The van der Waals surface area contributed by atoms with E-state index in [2.05, 4.69) is 10.2 Å². The highest BCUT2D eigenvalue weighted by atomic mass is 16.3. The summed E-state index contributed by atoms with van der Waals surface area (Å²) in [6, 6.07) is 11.9. The number of rotatable bonds is 5. The standard InChI is InChI=1S/C26H32N2O3/c29-24(27-17-14-20-11-8-18-31-20)23-21-12-4-5-13-22(21)25(30)28(19-9-2-1-3-10-19)26(23)15-6-7-16-26/h4-5,8,11-13,18-19,23H,1-3,6-7,9-10,14-17H2,(H,27,29)/t23-/m1/s1. The van der Waals surface area contributed by atoms with E-state index in [9.17, 15) is 9.59 Å². The van der Waals surface area contributed by atoms with Gasteiger partial charge in [-0.25, -0.2) is 0 Å². The Labute approximate surface area is 184 Å². The van der Waals surface area contributed by atoms with Gasteiger partial charge in [0.1, 0.15) is 5.76 Å². The molecular formula is C26H32N2O3. The number of furan rings is 1. The molecule has 2 aliphatic carbocycles. The molecule has 2 saturated carbocycles. The number of fused-ring (bicyclic) bond motifs is 1. The fraction of sp³-hybridized carbons (Fsp3) is 0.538. The quantitative estimate of drug-likeness (QED) is 0.754. The summed E-state index contributed by atoms with van der Waals surface area (Å²) in [6.45, 7) is 0.540. The van der Waals surface area contributed by atoms with E-state index in [0.29, 0.717) is 13.0 Å². The first-order valence-electron chi connectivity index (χ1n) is 11.9. The highest BCUT2D eigenvalue weighted by molar-refractivity contribution is 6.02. The molecule has 0 unspecified atom stereocenters. The topological polar surface area (TPSA) is 62.6 Å². The van der Waals surface area contributed by atoms with Crippen molar-refractivity contribution in [3.8, 4) is 0 Å². The molecule has 2 amide bonds. The summed E-state index contributed by atoms with van der Waals surface area (Å²) in [5, 5.41) is 3.18. The number of nitrogens with one attached hydrogen (secondary N) is 1.